The fourth-order valence-corrected chi connectivity index (χ4v) is 3.16. The number of hydrogen-bond acceptors (Lipinski definition) is 2. The van der Waals surface area contributed by atoms with Crippen molar-refractivity contribution in [2.75, 3.05) is 6.54 Å². The summed E-state index contributed by atoms with van der Waals surface area (Å²) in [5, 5.41) is 12.9. The zero-order valence-electron chi connectivity index (χ0n) is 10.7. The summed E-state index contributed by atoms with van der Waals surface area (Å²) in [6.45, 7) is 1.35. The van der Waals surface area contributed by atoms with Crippen LogP contribution in [0.2, 0.25) is 0 Å². The Balaban J connectivity index is 1.86. The molecule has 20 heavy (non-hydrogen) atoms. The van der Waals surface area contributed by atoms with E-state index in [-0.39, 0.29) is 11.6 Å². The van der Waals surface area contributed by atoms with E-state index in [2.05, 4.69) is 37.2 Å². The molecule has 106 valence electrons. The Morgan fingerprint density at radius 3 is 2.40 bits per heavy atom. The van der Waals surface area contributed by atoms with Crippen molar-refractivity contribution < 1.29 is 9.50 Å². The first-order valence-electron chi connectivity index (χ1n) is 6.19. The molecule has 0 aliphatic carbocycles. The Bertz CT molecular complexity index is 581. The normalized spacial score (nSPS) is 10.8. The summed E-state index contributed by atoms with van der Waals surface area (Å²) >= 11 is 6.59. The lowest BCUT2D eigenvalue weighted by atomic mass is 10.1. The van der Waals surface area contributed by atoms with Gasteiger partial charge in [0.15, 0.2) is 0 Å². The van der Waals surface area contributed by atoms with Crippen LogP contribution in [0.4, 0.5) is 4.39 Å². The Kier molecular flexibility index (Phi) is 5.57. The van der Waals surface area contributed by atoms with Gasteiger partial charge in [-0.05, 0) is 74.2 Å². The molecule has 0 unspecified atom stereocenters. The molecule has 0 bridgehead atoms. The summed E-state index contributed by atoms with van der Waals surface area (Å²) in [7, 11) is 0. The van der Waals surface area contributed by atoms with E-state index in [9.17, 15) is 9.50 Å². The summed E-state index contributed by atoms with van der Waals surface area (Å²) in [5.74, 6) is 0.0320. The Hall–Kier alpha value is -0.910. The monoisotopic (exact) mass is 401 g/mol. The molecule has 0 aliphatic heterocycles. The third-order valence-electron chi connectivity index (χ3n) is 2.93. The average Bonchev–Trinajstić information content (AvgIpc) is 2.42. The molecule has 2 rings (SSSR count). The standard InChI is InChI=1S/C15H14Br2FNO/c16-12-7-10(8-13(17)15(12)20)9-19-6-5-11-3-1-2-4-14(11)18/h1-4,7-8,19-20H,5-6,9H2. The lowest BCUT2D eigenvalue weighted by Gasteiger charge is -2.08. The van der Waals surface area contributed by atoms with Gasteiger partial charge in [-0.2, -0.15) is 0 Å². The van der Waals surface area contributed by atoms with Crippen molar-refractivity contribution in [3.63, 3.8) is 0 Å². The van der Waals surface area contributed by atoms with Gasteiger partial charge in [-0.25, -0.2) is 4.39 Å². The maximum atomic E-state index is 13.4. The zero-order chi connectivity index (χ0) is 14.5. The van der Waals surface area contributed by atoms with Gasteiger partial charge in [0, 0.05) is 6.54 Å². The first kappa shape index (κ1) is 15.5. The van der Waals surface area contributed by atoms with Crippen LogP contribution in [0.25, 0.3) is 0 Å². The molecule has 0 fully saturated rings. The fourth-order valence-electron chi connectivity index (χ4n) is 1.88. The minimum absolute atomic E-state index is 0.163. The van der Waals surface area contributed by atoms with Crippen molar-refractivity contribution in [2.45, 2.75) is 13.0 Å². The number of aromatic hydroxyl groups is 1. The largest absolute Gasteiger partial charge is 0.506 e. The zero-order valence-corrected chi connectivity index (χ0v) is 13.8. The molecule has 0 spiro atoms. The molecule has 0 aromatic heterocycles. The van der Waals surface area contributed by atoms with Crippen LogP contribution in [0.1, 0.15) is 11.1 Å². The Labute approximate surface area is 134 Å². The highest BCUT2D eigenvalue weighted by Gasteiger charge is 2.06. The van der Waals surface area contributed by atoms with Gasteiger partial charge < -0.3 is 10.4 Å². The van der Waals surface area contributed by atoms with Crippen LogP contribution in [-0.2, 0) is 13.0 Å². The topological polar surface area (TPSA) is 32.3 Å². The predicted octanol–water partition coefficient (Wildman–Crippen LogP) is 4.39. The molecule has 2 aromatic carbocycles. The molecule has 0 heterocycles. The molecule has 5 heteroatoms. The number of benzene rings is 2. The number of phenols is 1. The van der Waals surface area contributed by atoms with E-state index >= 15 is 0 Å². The highest BCUT2D eigenvalue weighted by atomic mass is 79.9. The number of phenolic OH excluding ortho intramolecular Hbond substituents is 1. The number of halogens is 3. The highest BCUT2D eigenvalue weighted by molar-refractivity contribution is 9.11. The van der Waals surface area contributed by atoms with Gasteiger partial charge in [0.05, 0.1) is 8.95 Å². The van der Waals surface area contributed by atoms with Crippen molar-refractivity contribution in [1.82, 2.24) is 5.32 Å². The van der Waals surface area contributed by atoms with Gasteiger partial charge in [-0.3, -0.25) is 0 Å². The van der Waals surface area contributed by atoms with E-state index in [0.29, 0.717) is 34.0 Å². The first-order chi connectivity index (χ1) is 9.58. The van der Waals surface area contributed by atoms with Gasteiger partial charge in [0.25, 0.3) is 0 Å². The lowest BCUT2D eigenvalue weighted by Crippen LogP contribution is -2.17. The molecule has 2 N–H and O–H groups in total. The van der Waals surface area contributed by atoms with Crippen molar-refractivity contribution in [3.8, 4) is 5.75 Å². The molecule has 2 nitrogen and oxygen atoms in total. The summed E-state index contributed by atoms with van der Waals surface area (Å²) in [6.07, 6.45) is 0.646. The average molecular weight is 403 g/mol. The summed E-state index contributed by atoms with van der Waals surface area (Å²) < 4.78 is 14.7. The minimum atomic E-state index is -0.163. The van der Waals surface area contributed by atoms with Crippen LogP contribution in [0, 0.1) is 5.82 Å². The molecule has 0 atom stereocenters. The van der Waals surface area contributed by atoms with Gasteiger partial charge in [0.2, 0.25) is 0 Å². The van der Waals surface area contributed by atoms with E-state index in [4.69, 9.17) is 0 Å². The van der Waals surface area contributed by atoms with Gasteiger partial charge >= 0.3 is 0 Å². The van der Waals surface area contributed by atoms with E-state index in [0.717, 1.165) is 5.56 Å². The van der Waals surface area contributed by atoms with Crippen LogP contribution >= 0.6 is 31.9 Å². The first-order valence-corrected chi connectivity index (χ1v) is 7.77. The van der Waals surface area contributed by atoms with Crippen molar-refractivity contribution >= 4 is 31.9 Å². The van der Waals surface area contributed by atoms with Gasteiger partial charge in [0.1, 0.15) is 11.6 Å². The molecular formula is C15H14Br2FNO. The van der Waals surface area contributed by atoms with Crippen LogP contribution in [-0.4, -0.2) is 11.7 Å². The number of rotatable bonds is 5. The van der Waals surface area contributed by atoms with Crippen LogP contribution in [0.3, 0.4) is 0 Å². The van der Waals surface area contributed by atoms with Gasteiger partial charge in [-0.15, -0.1) is 0 Å². The summed E-state index contributed by atoms with van der Waals surface area (Å²) in [6, 6.07) is 10.5. The van der Waals surface area contributed by atoms with Crippen LogP contribution in [0.5, 0.6) is 5.75 Å². The smallest absolute Gasteiger partial charge is 0.143 e. The van der Waals surface area contributed by atoms with Crippen molar-refractivity contribution in [1.29, 1.82) is 0 Å². The highest BCUT2D eigenvalue weighted by Crippen LogP contribution is 2.33. The number of hydrogen-bond donors (Lipinski definition) is 2. The number of nitrogens with one attached hydrogen (secondary N) is 1. The quantitative estimate of drug-likeness (QED) is 0.727. The molecule has 2 aromatic rings. The summed E-state index contributed by atoms with van der Waals surface area (Å²) in [5.41, 5.74) is 1.75. The third kappa shape index (κ3) is 4.04. The van der Waals surface area contributed by atoms with Gasteiger partial charge in [-0.1, -0.05) is 18.2 Å². The Morgan fingerprint density at radius 2 is 1.75 bits per heavy atom. The van der Waals surface area contributed by atoms with Crippen molar-refractivity contribution in [3.05, 3.63) is 62.3 Å². The molecule has 0 saturated heterocycles. The van der Waals surface area contributed by atoms with E-state index in [1.807, 2.05) is 18.2 Å². The third-order valence-corrected chi connectivity index (χ3v) is 4.14. The SMILES string of the molecule is Oc1c(Br)cc(CNCCc2ccccc2F)cc1Br. The lowest BCUT2D eigenvalue weighted by molar-refractivity contribution is 0.468. The van der Waals surface area contributed by atoms with Crippen LogP contribution in [0.15, 0.2) is 45.3 Å². The minimum Gasteiger partial charge on any atom is -0.506 e. The van der Waals surface area contributed by atoms with Crippen LogP contribution < -0.4 is 5.32 Å². The maximum absolute atomic E-state index is 13.4. The fraction of sp³-hybridized carbons (Fsp3) is 0.200. The second kappa shape index (κ2) is 7.20. The molecule has 0 amide bonds. The van der Waals surface area contributed by atoms with E-state index < -0.39 is 0 Å². The van der Waals surface area contributed by atoms with E-state index in [1.165, 1.54) is 6.07 Å². The second-order valence-corrected chi connectivity index (χ2v) is 6.13. The predicted molar refractivity (Wildman–Crippen MR) is 85.3 cm³/mol. The van der Waals surface area contributed by atoms with E-state index in [1.54, 1.807) is 12.1 Å². The van der Waals surface area contributed by atoms with Crippen molar-refractivity contribution in [2.24, 2.45) is 0 Å². The second-order valence-electron chi connectivity index (χ2n) is 4.43. The molecule has 0 radical (unpaired) electrons. The molecular weight excluding hydrogens is 389 g/mol. The molecule has 0 saturated carbocycles. The summed E-state index contributed by atoms with van der Waals surface area (Å²) in [4.78, 5) is 0. The molecule has 0 aliphatic rings. The Morgan fingerprint density at radius 1 is 1.10 bits per heavy atom. The maximum Gasteiger partial charge on any atom is 0.143 e.